The van der Waals surface area contributed by atoms with Crippen molar-refractivity contribution in [1.82, 2.24) is 25.0 Å². The minimum Gasteiger partial charge on any atom is -0.329 e. The molecule has 1 atom stereocenters. The summed E-state index contributed by atoms with van der Waals surface area (Å²) in [6, 6.07) is 17.6. The summed E-state index contributed by atoms with van der Waals surface area (Å²) < 4.78 is 0. The van der Waals surface area contributed by atoms with Crippen molar-refractivity contribution in [2.24, 2.45) is 5.41 Å². The first kappa shape index (κ1) is 31.8. The average Bonchev–Trinajstić information content (AvgIpc) is 3.57. The molecule has 0 saturated carbocycles. The number of piperidine rings is 1. The Hall–Kier alpha value is -4.77. The molecule has 7 rings (SSSR count). The molecule has 3 aromatic rings. The van der Waals surface area contributed by atoms with Crippen LogP contribution in [-0.2, 0) is 45.7 Å². The highest BCUT2D eigenvalue weighted by atomic mass is 16.2. The van der Waals surface area contributed by atoms with Gasteiger partial charge in [-0.1, -0.05) is 43.3 Å². The summed E-state index contributed by atoms with van der Waals surface area (Å²) in [5.74, 6) is 0.203. The van der Waals surface area contributed by atoms with Crippen molar-refractivity contribution in [3.8, 4) is 0 Å². The van der Waals surface area contributed by atoms with Crippen LogP contribution in [0.25, 0.3) is 0 Å². The molecule has 250 valence electrons. The van der Waals surface area contributed by atoms with Crippen LogP contribution in [-0.4, -0.2) is 83.2 Å². The van der Waals surface area contributed by atoms with Gasteiger partial charge in [-0.3, -0.25) is 14.4 Å². The zero-order valence-corrected chi connectivity index (χ0v) is 27.7. The number of rotatable bonds is 8. The number of nitrogens with zero attached hydrogens (tertiary/aromatic N) is 4. The third-order valence-electron chi connectivity index (χ3n) is 10.7. The molecular formula is C37H43N7O4. The maximum absolute atomic E-state index is 14.4. The number of carbonyl (C=O) groups is 4. The van der Waals surface area contributed by atoms with Crippen molar-refractivity contribution in [1.29, 1.82) is 0 Å². The Balaban J connectivity index is 1.07. The second-order valence-electron chi connectivity index (χ2n) is 14.0. The topological polar surface area (TPSA) is 127 Å². The smallest absolute Gasteiger partial charge is 0.320 e. The monoisotopic (exact) mass is 649 g/mol. The highest BCUT2D eigenvalue weighted by molar-refractivity contribution is 6.06. The molecule has 11 heteroatoms. The van der Waals surface area contributed by atoms with E-state index in [1.165, 1.54) is 0 Å². The molecule has 48 heavy (non-hydrogen) atoms. The van der Waals surface area contributed by atoms with E-state index < -0.39 is 10.8 Å². The van der Waals surface area contributed by atoms with Crippen molar-refractivity contribution in [2.75, 3.05) is 50.4 Å². The number of amides is 5. The first-order chi connectivity index (χ1) is 23.2. The van der Waals surface area contributed by atoms with E-state index in [1.54, 1.807) is 11.1 Å². The van der Waals surface area contributed by atoms with Gasteiger partial charge in [0.25, 0.3) is 0 Å². The van der Waals surface area contributed by atoms with E-state index >= 15 is 0 Å². The van der Waals surface area contributed by atoms with Gasteiger partial charge < -0.3 is 30.7 Å². The molecule has 1 aromatic heterocycles. The summed E-state index contributed by atoms with van der Waals surface area (Å²) in [5.41, 5.74) is 4.29. The molecule has 5 amide bonds. The number of urea groups is 1. The number of pyridine rings is 1. The first-order valence-corrected chi connectivity index (χ1v) is 16.9. The molecule has 2 aromatic carbocycles. The number of likely N-dealkylation sites (tertiary alicyclic amines) is 2. The van der Waals surface area contributed by atoms with Gasteiger partial charge in [0.05, 0.1) is 5.41 Å². The summed E-state index contributed by atoms with van der Waals surface area (Å²) in [5, 5.41) is 9.18. The summed E-state index contributed by atoms with van der Waals surface area (Å²) in [4.78, 5) is 63.8. The number of carbonyl (C=O) groups excluding carboxylic acids is 4. The zero-order chi connectivity index (χ0) is 33.5. The molecule has 1 spiro atoms. The fourth-order valence-corrected chi connectivity index (χ4v) is 7.69. The fraction of sp³-hybridized carbons (Fsp3) is 0.432. The van der Waals surface area contributed by atoms with E-state index in [9.17, 15) is 19.2 Å². The average molecular weight is 650 g/mol. The lowest BCUT2D eigenvalue weighted by Gasteiger charge is -2.43. The Morgan fingerprint density at radius 3 is 2.40 bits per heavy atom. The first-order valence-electron chi connectivity index (χ1n) is 16.9. The normalized spacial score (nSPS) is 20.5. The molecule has 4 heterocycles. The van der Waals surface area contributed by atoms with Crippen molar-refractivity contribution in [3.63, 3.8) is 0 Å². The Morgan fingerprint density at radius 2 is 1.67 bits per heavy atom. The number of anilines is 2. The van der Waals surface area contributed by atoms with Gasteiger partial charge in [0.1, 0.15) is 12.4 Å². The van der Waals surface area contributed by atoms with Crippen molar-refractivity contribution in [3.05, 3.63) is 88.6 Å². The van der Waals surface area contributed by atoms with Crippen LogP contribution >= 0.6 is 0 Å². The molecule has 11 nitrogen and oxygen atoms in total. The van der Waals surface area contributed by atoms with E-state index in [2.05, 4.69) is 20.9 Å². The Kier molecular flexibility index (Phi) is 8.41. The minimum absolute atomic E-state index is 0.0464. The van der Waals surface area contributed by atoms with Crippen LogP contribution in [0.1, 0.15) is 54.0 Å². The molecule has 0 bridgehead atoms. The Morgan fingerprint density at radius 1 is 0.938 bits per heavy atom. The van der Waals surface area contributed by atoms with E-state index in [-0.39, 0.29) is 30.3 Å². The quantitative estimate of drug-likeness (QED) is 0.342. The predicted octanol–water partition coefficient (Wildman–Crippen LogP) is 3.68. The van der Waals surface area contributed by atoms with E-state index in [1.807, 2.05) is 78.4 Å². The molecule has 3 N–H and O–H groups in total. The SMILES string of the molecule is CNCc1ccccc1CN(CC(=O)Nc1ccc2c(c1)C[C@@]1(C2)C(=O)Nc2ncccc21)C(=O)C1(C)CCN(C(=O)N2CCC2)CC1. The molecule has 3 aliphatic heterocycles. The van der Waals surface area contributed by atoms with Gasteiger partial charge in [-0.15, -0.1) is 0 Å². The van der Waals surface area contributed by atoms with Gasteiger partial charge in [-0.05, 0) is 79.6 Å². The molecular weight excluding hydrogens is 606 g/mol. The van der Waals surface area contributed by atoms with Gasteiger partial charge in [-0.2, -0.15) is 0 Å². The van der Waals surface area contributed by atoms with E-state index in [0.29, 0.717) is 63.4 Å². The maximum Gasteiger partial charge on any atom is 0.320 e. The number of hydrogen-bond donors (Lipinski definition) is 3. The number of nitrogens with one attached hydrogen (secondary N) is 3. The molecule has 4 aliphatic rings. The number of fused-ring (bicyclic) bond motifs is 3. The molecule has 2 fully saturated rings. The zero-order valence-electron chi connectivity index (χ0n) is 27.7. The third-order valence-corrected chi connectivity index (χ3v) is 10.7. The van der Waals surface area contributed by atoms with Gasteiger partial charge in [0.15, 0.2) is 0 Å². The molecule has 0 radical (unpaired) electrons. The molecule has 0 unspecified atom stereocenters. The van der Waals surface area contributed by atoms with E-state index in [4.69, 9.17) is 0 Å². The summed E-state index contributed by atoms with van der Waals surface area (Å²) in [6.07, 6.45) is 4.91. The van der Waals surface area contributed by atoms with Crippen molar-refractivity contribution < 1.29 is 19.2 Å². The van der Waals surface area contributed by atoms with Crippen LogP contribution < -0.4 is 16.0 Å². The van der Waals surface area contributed by atoms with E-state index in [0.717, 1.165) is 47.3 Å². The second kappa shape index (κ2) is 12.7. The van der Waals surface area contributed by atoms with Crippen molar-refractivity contribution >= 4 is 35.3 Å². The van der Waals surface area contributed by atoms with Gasteiger partial charge in [0.2, 0.25) is 17.7 Å². The Bertz CT molecular complexity index is 1760. The molecule has 2 saturated heterocycles. The number of aromatic nitrogens is 1. The molecule has 1 aliphatic carbocycles. The largest absolute Gasteiger partial charge is 0.329 e. The van der Waals surface area contributed by atoms with Gasteiger partial charge in [0, 0.05) is 62.1 Å². The van der Waals surface area contributed by atoms with Crippen LogP contribution in [0, 0.1) is 5.41 Å². The van der Waals surface area contributed by atoms with Crippen LogP contribution in [0.3, 0.4) is 0 Å². The standard InChI is InChI=1S/C37H43N7O4/c1-36(12-17-43(18-13-36)35(48)42-15-6-16-42)34(47)44(23-27-8-4-3-7-26(27)22-38-2)24-31(45)40-29-11-10-25-20-37(21-28(25)19-29)30-9-5-14-39-32(30)41-33(37)46/h3-5,7-11,14,19,38H,6,12-13,15-18,20-24H2,1-2H3,(H,40,45)(H,39,41,46)/t37-/m1/s1. The summed E-state index contributed by atoms with van der Waals surface area (Å²) >= 11 is 0. The lowest BCUT2D eigenvalue weighted by Crippen LogP contribution is -2.55. The maximum atomic E-state index is 14.4. The minimum atomic E-state index is -0.696. The predicted molar refractivity (Wildman–Crippen MR) is 182 cm³/mol. The second-order valence-corrected chi connectivity index (χ2v) is 14.0. The highest BCUT2D eigenvalue weighted by Crippen LogP contribution is 2.47. The summed E-state index contributed by atoms with van der Waals surface area (Å²) in [6.45, 7) is 5.43. The van der Waals surface area contributed by atoms with Crippen LogP contribution in [0.2, 0.25) is 0 Å². The lowest BCUT2D eigenvalue weighted by atomic mass is 9.79. The van der Waals surface area contributed by atoms with Crippen molar-refractivity contribution in [2.45, 2.75) is 57.5 Å². The van der Waals surface area contributed by atoms with Gasteiger partial charge in [-0.25, -0.2) is 9.78 Å². The highest BCUT2D eigenvalue weighted by Gasteiger charge is 2.51. The Labute approximate surface area is 281 Å². The van der Waals surface area contributed by atoms with Crippen LogP contribution in [0.4, 0.5) is 16.3 Å². The summed E-state index contributed by atoms with van der Waals surface area (Å²) in [7, 11) is 1.89. The van der Waals surface area contributed by atoms with Gasteiger partial charge >= 0.3 is 6.03 Å². The van der Waals surface area contributed by atoms with Crippen LogP contribution in [0.5, 0.6) is 0 Å². The number of hydrogen-bond acceptors (Lipinski definition) is 6. The third kappa shape index (κ3) is 5.80. The number of benzene rings is 2. The van der Waals surface area contributed by atoms with Crippen LogP contribution in [0.15, 0.2) is 60.8 Å². The fourth-order valence-electron chi connectivity index (χ4n) is 7.69. The lowest BCUT2D eigenvalue weighted by molar-refractivity contribution is -0.146.